The number of hydrogen-bond acceptors (Lipinski definition) is 7. The molecule has 1 aliphatic rings. The maximum absolute atomic E-state index is 13.4. The number of allylic oxidation sites excluding steroid dienone is 1. The number of anilines is 1. The molecule has 0 aromatic heterocycles. The molecule has 2 aromatic rings. The monoisotopic (exact) mass is 645 g/mol. The largest absolute Gasteiger partial charge is 0.492 e. The second-order valence-corrected chi connectivity index (χ2v) is 10.3. The minimum atomic E-state index is -4.72. The Morgan fingerprint density at radius 2 is 1.97 bits per heavy atom. The molecule has 0 spiro atoms. The lowest BCUT2D eigenvalue weighted by molar-refractivity contribution is -0.150. The summed E-state index contributed by atoms with van der Waals surface area (Å²) in [5.41, 5.74) is -1.21. The summed E-state index contributed by atoms with van der Waals surface area (Å²) in [5.74, 6) is -5.14. The number of methoxy groups -OCH3 is 1. The normalized spacial score (nSPS) is 17.2. The van der Waals surface area contributed by atoms with E-state index in [4.69, 9.17) is 21.1 Å². The first kappa shape index (κ1) is 30.3. The first-order valence-corrected chi connectivity index (χ1v) is 13.3. The van der Waals surface area contributed by atoms with Gasteiger partial charge in [-0.25, -0.2) is 0 Å². The van der Waals surface area contributed by atoms with E-state index < -0.39 is 52.8 Å². The van der Waals surface area contributed by atoms with Crippen molar-refractivity contribution in [3.63, 3.8) is 0 Å². The fourth-order valence-electron chi connectivity index (χ4n) is 3.85. The van der Waals surface area contributed by atoms with Gasteiger partial charge in [0, 0.05) is 10.4 Å². The molecule has 0 saturated heterocycles. The zero-order valence-corrected chi connectivity index (χ0v) is 23.5. The topological polar surface area (TPSA) is 118 Å². The van der Waals surface area contributed by atoms with E-state index in [9.17, 15) is 32.8 Å². The van der Waals surface area contributed by atoms with Gasteiger partial charge in [0.15, 0.2) is 0 Å². The number of alkyl halides is 3. The fraction of sp³-hybridized carbons (Fsp3) is 0.280. The van der Waals surface area contributed by atoms with Gasteiger partial charge < -0.3 is 20.1 Å². The van der Waals surface area contributed by atoms with Crippen LogP contribution in [0.15, 0.2) is 51.5 Å². The van der Waals surface area contributed by atoms with E-state index in [1.165, 1.54) is 18.2 Å². The number of thioether (sulfide) groups is 1. The van der Waals surface area contributed by atoms with Crippen LogP contribution in [0.3, 0.4) is 0 Å². The molecule has 0 fully saturated rings. The zero-order chi connectivity index (χ0) is 28.9. The summed E-state index contributed by atoms with van der Waals surface area (Å²) >= 11 is 10.0. The number of halogens is 5. The molecule has 8 nitrogen and oxygen atoms in total. The highest BCUT2D eigenvalue weighted by molar-refractivity contribution is 9.10. The van der Waals surface area contributed by atoms with Crippen LogP contribution >= 0.6 is 39.3 Å². The van der Waals surface area contributed by atoms with Crippen LogP contribution in [0.25, 0.3) is 0 Å². The first-order chi connectivity index (χ1) is 18.4. The molecular weight excluding hydrogens is 627 g/mol. The van der Waals surface area contributed by atoms with Crippen molar-refractivity contribution in [3.05, 3.63) is 67.6 Å². The molecule has 0 unspecified atom stereocenters. The average Bonchev–Trinajstić information content (AvgIpc) is 2.88. The van der Waals surface area contributed by atoms with E-state index in [1.807, 2.05) is 6.07 Å². The van der Waals surface area contributed by atoms with Gasteiger partial charge in [-0.1, -0.05) is 45.4 Å². The second-order valence-electron chi connectivity index (χ2n) is 7.97. The van der Waals surface area contributed by atoms with E-state index in [-0.39, 0.29) is 20.1 Å². The number of benzene rings is 2. The van der Waals surface area contributed by atoms with Gasteiger partial charge in [-0.2, -0.15) is 18.4 Å². The summed E-state index contributed by atoms with van der Waals surface area (Å²) in [6.07, 6.45) is -4.72. The SMILES string of the molecule is CCOc1ccc([C@H]2C(C#N)=C(SCC(=O)Nc3ccc(Br)cc3C(F)(F)F)NC(=O)[C@@H]2C(=O)OC)cc1Cl. The highest BCUT2D eigenvalue weighted by Crippen LogP contribution is 2.42. The summed E-state index contributed by atoms with van der Waals surface area (Å²) in [5, 5.41) is 14.8. The van der Waals surface area contributed by atoms with E-state index in [0.29, 0.717) is 17.9 Å². The van der Waals surface area contributed by atoms with Crippen LogP contribution in [0, 0.1) is 17.2 Å². The van der Waals surface area contributed by atoms with Gasteiger partial charge >= 0.3 is 12.1 Å². The number of nitriles is 1. The number of carbonyl (C=O) groups excluding carboxylic acids is 3. The van der Waals surface area contributed by atoms with Crippen molar-refractivity contribution in [1.29, 1.82) is 5.26 Å². The van der Waals surface area contributed by atoms with Crippen molar-refractivity contribution in [1.82, 2.24) is 5.32 Å². The number of rotatable bonds is 8. The molecule has 2 aromatic carbocycles. The summed E-state index contributed by atoms with van der Waals surface area (Å²) in [6, 6.07) is 9.80. The maximum Gasteiger partial charge on any atom is 0.418 e. The van der Waals surface area contributed by atoms with Gasteiger partial charge in [0.1, 0.15) is 11.7 Å². The first-order valence-electron chi connectivity index (χ1n) is 11.2. The smallest absolute Gasteiger partial charge is 0.418 e. The van der Waals surface area contributed by atoms with Crippen LogP contribution in [0.2, 0.25) is 5.02 Å². The van der Waals surface area contributed by atoms with Gasteiger partial charge in [-0.3, -0.25) is 14.4 Å². The Balaban J connectivity index is 1.93. The third kappa shape index (κ3) is 7.06. The number of esters is 1. The number of carbonyl (C=O) groups is 3. The van der Waals surface area contributed by atoms with Crippen LogP contribution in [0.5, 0.6) is 5.75 Å². The number of amides is 2. The Morgan fingerprint density at radius 3 is 2.56 bits per heavy atom. The lowest BCUT2D eigenvalue weighted by Gasteiger charge is -2.31. The molecular formula is C25H20BrClF3N3O5S. The Morgan fingerprint density at radius 1 is 1.26 bits per heavy atom. The standard InChI is InChI=1S/C25H20BrClF3N3O5S/c1-3-38-18-7-4-12(8-16(18)27)20-14(10-31)23(33-22(35)21(20)24(36)37-2)39-11-19(34)32-17-6-5-13(26)9-15(17)25(28,29)30/h4-9,20-21H,3,11H2,1-2H3,(H,32,34)(H,33,35)/t20-,21+/m0/s1. The number of nitrogens with one attached hydrogen (secondary N) is 2. The Hall–Kier alpha value is -3.21. The van der Waals surface area contributed by atoms with Crippen LogP contribution in [0.1, 0.15) is 24.0 Å². The Kier molecular flexibility index (Phi) is 9.93. The summed E-state index contributed by atoms with van der Waals surface area (Å²) in [6.45, 7) is 2.10. The quantitative estimate of drug-likeness (QED) is 0.282. The Bertz CT molecular complexity index is 1380. The minimum Gasteiger partial charge on any atom is -0.492 e. The molecule has 14 heteroatoms. The van der Waals surface area contributed by atoms with Crippen LogP contribution in [-0.4, -0.2) is 37.3 Å². The highest BCUT2D eigenvalue weighted by Gasteiger charge is 2.44. The van der Waals surface area contributed by atoms with Crippen molar-refractivity contribution in [2.75, 3.05) is 24.8 Å². The molecule has 0 aliphatic carbocycles. The molecule has 206 valence electrons. The molecule has 0 saturated carbocycles. The second kappa shape index (κ2) is 12.8. The zero-order valence-electron chi connectivity index (χ0n) is 20.3. The third-order valence-electron chi connectivity index (χ3n) is 5.51. The summed E-state index contributed by atoms with van der Waals surface area (Å²) < 4.78 is 50.6. The highest BCUT2D eigenvalue weighted by atomic mass is 79.9. The van der Waals surface area contributed by atoms with Crippen molar-refractivity contribution in [2.45, 2.75) is 19.0 Å². The Labute approximate surface area is 239 Å². The van der Waals surface area contributed by atoms with Crippen molar-refractivity contribution in [3.8, 4) is 11.8 Å². The lowest BCUT2D eigenvalue weighted by atomic mass is 9.78. The molecule has 2 atom stereocenters. The summed E-state index contributed by atoms with van der Waals surface area (Å²) in [7, 11) is 1.10. The average molecular weight is 647 g/mol. The van der Waals surface area contributed by atoms with E-state index >= 15 is 0 Å². The van der Waals surface area contributed by atoms with Crippen molar-refractivity contribution in [2.24, 2.45) is 5.92 Å². The number of hydrogen-bond donors (Lipinski definition) is 2. The molecule has 3 rings (SSSR count). The summed E-state index contributed by atoms with van der Waals surface area (Å²) in [4.78, 5) is 38.1. The van der Waals surface area contributed by atoms with Crippen LogP contribution in [0.4, 0.5) is 18.9 Å². The minimum absolute atomic E-state index is 0.0281. The van der Waals surface area contributed by atoms with Gasteiger partial charge in [0.05, 0.1) is 52.4 Å². The van der Waals surface area contributed by atoms with Crippen molar-refractivity contribution < 1.29 is 37.0 Å². The van der Waals surface area contributed by atoms with Gasteiger partial charge in [0.2, 0.25) is 11.8 Å². The molecule has 1 aliphatic heterocycles. The molecule has 39 heavy (non-hydrogen) atoms. The molecule has 2 amide bonds. The van der Waals surface area contributed by atoms with Crippen LogP contribution < -0.4 is 15.4 Å². The third-order valence-corrected chi connectivity index (χ3v) is 7.31. The predicted octanol–water partition coefficient (Wildman–Crippen LogP) is 5.63. The van der Waals surface area contributed by atoms with Crippen LogP contribution in [-0.2, 0) is 25.3 Å². The molecule has 2 N–H and O–H groups in total. The number of nitrogens with zero attached hydrogens (tertiary/aromatic N) is 1. The number of ether oxygens (including phenoxy) is 2. The lowest BCUT2D eigenvalue weighted by Crippen LogP contribution is -2.44. The maximum atomic E-state index is 13.4. The molecule has 0 radical (unpaired) electrons. The van der Waals surface area contributed by atoms with Crippen molar-refractivity contribution >= 4 is 62.8 Å². The molecule has 0 bridgehead atoms. The van der Waals surface area contributed by atoms with E-state index in [2.05, 4.69) is 26.6 Å². The fourth-order valence-corrected chi connectivity index (χ4v) is 5.30. The van der Waals surface area contributed by atoms with E-state index in [0.717, 1.165) is 31.0 Å². The van der Waals surface area contributed by atoms with Gasteiger partial charge in [-0.05, 0) is 42.8 Å². The van der Waals surface area contributed by atoms with Gasteiger partial charge in [-0.15, -0.1) is 0 Å². The predicted molar refractivity (Wildman–Crippen MR) is 142 cm³/mol. The van der Waals surface area contributed by atoms with E-state index in [1.54, 1.807) is 13.0 Å². The molecule has 1 heterocycles. The van der Waals surface area contributed by atoms with Gasteiger partial charge in [0.25, 0.3) is 0 Å².